The second kappa shape index (κ2) is 6.84. The number of thiazole rings is 1. The molecule has 0 N–H and O–H groups in total. The number of benzene rings is 1. The van der Waals surface area contributed by atoms with Crippen LogP contribution in [0.3, 0.4) is 0 Å². The maximum absolute atomic E-state index is 12.1. The van der Waals surface area contributed by atoms with Crippen LogP contribution in [0.1, 0.15) is 16.1 Å². The Kier molecular flexibility index (Phi) is 5.13. The normalized spacial score (nSPS) is 10.9. The zero-order valence-corrected chi connectivity index (χ0v) is 12.6. The minimum atomic E-state index is 0.144. The molecular weight excluding hydrogens is 276 g/mol. The molecule has 0 aliphatic rings. The fourth-order valence-corrected chi connectivity index (χ4v) is 2.72. The fourth-order valence-electron chi connectivity index (χ4n) is 1.76. The summed E-state index contributed by atoms with van der Waals surface area (Å²) in [6.07, 6.45) is 2.03. The number of likely N-dealkylation sites (N-methyl/N-ethyl adjacent to an activating group) is 1. The number of aromatic nitrogens is 1. The molecule has 0 aliphatic heterocycles. The van der Waals surface area contributed by atoms with Crippen molar-refractivity contribution in [3.8, 4) is 0 Å². The molecule has 100 valence electrons. The smallest absolute Gasteiger partial charge is 0.176 e. The monoisotopic (exact) mass is 292 g/mol. The van der Waals surface area contributed by atoms with E-state index in [9.17, 15) is 4.79 Å². The summed E-state index contributed by atoms with van der Waals surface area (Å²) in [6.45, 7) is 1.12. The van der Waals surface area contributed by atoms with Gasteiger partial charge in [0.15, 0.2) is 5.78 Å². The van der Waals surface area contributed by atoms with Gasteiger partial charge in [-0.15, -0.1) is 23.1 Å². The number of carbonyl (C=O) groups is 1. The third kappa shape index (κ3) is 4.16. The van der Waals surface area contributed by atoms with Crippen LogP contribution in [-0.2, 0) is 6.54 Å². The molecule has 2 rings (SSSR count). The van der Waals surface area contributed by atoms with E-state index >= 15 is 0 Å². The van der Waals surface area contributed by atoms with Gasteiger partial charge in [-0.1, -0.05) is 12.1 Å². The standard InChI is InChI=1S/C14H16N2OS2/c1-16(7-12-9-19-10-15-12)8-14(17)11-3-5-13(18-2)6-4-11/h3-6,9-10H,7-8H2,1-2H3. The Morgan fingerprint density at radius 2 is 2.11 bits per heavy atom. The number of hydrogen-bond donors (Lipinski definition) is 0. The van der Waals surface area contributed by atoms with Crippen LogP contribution < -0.4 is 0 Å². The maximum Gasteiger partial charge on any atom is 0.176 e. The van der Waals surface area contributed by atoms with E-state index < -0.39 is 0 Å². The summed E-state index contributed by atoms with van der Waals surface area (Å²) in [4.78, 5) is 19.5. The van der Waals surface area contributed by atoms with Crippen molar-refractivity contribution in [1.29, 1.82) is 0 Å². The summed E-state index contributed by atoms with van der Waals surface area (Å²) in [7, 11) is 1.94. The minimum absolute atomic E-state index is 0.144. The Morgan fingerprint density at radius 3 is 2.68 bits per heavy atom. The number of rotatable bonds is 6. The van der Waals surface area contributed by atoms with Gasteiger partial charge in [-0.25, -0.2) is 4.98 Å². The molecule has 19 heavy (non-hydrogen) atoms. The van der Waals surface area contributed by atoms with Gasteiger partial charge in [0.1, 0.15) is 0 Å². The van der Waals surface area contributed by atoms with Crippen molar-refractivity contribution in [2.24, 2.45) is 0 Å². The molecule has 0 radical (unpaired) electrons. The van der Waals surface area contributed by atoms with Crippen LogP contribution in [0.5, 0.6) is 0 Å². The summed E-state index contributed by atoms with van der Waals surface area (Å²) in [5.74, 6) is 0.144. The summed E-state index contributed by atoms with van der Waals surface area (Å²) in [5.41, 5.74) is 3.59. The summed E-state index contributed by atoms with van der Waals surface area (Å²) >= 11 is 3.25. The first-order valence-electron chi connectivity index (χ1n) is 5.92. The van der Waals surface area contributed by atoms with Crippen molar-refractivity contribution in [3.63, 3.8) is 0 Å². The second-order valence-electron chi connectivity index (χ2n) is 4.30. The predicted octanol–water partition coefficient (Wildman–Crippen LogP) is 3.18. The van der Waals surface area contributed by atoms with Gasteiger partial charge in [-0.2, -0.15) is 0 Å². The number of ketones is 1. The molecule has 1 aromatic carbocycles. The number of thioether (sulfide) groups is 1. The lowest BCUT2D eigenvalue weighted by atomic mass is 10.1. The Morgan fingerprint density at radius 1 is 1.37 bits per heavy atom. The molecule has 0 amide bonds. The summed E-state index contributed by atoms with van der Waals surface area (Å²) in [5, 5.41) is 2.01. The van der Waals surface area contributed by atoms with Crippen LogP contribution in [-0.4, -0.2) is 35.5 Å². The van der Waals surface area contributed by atoms with Crippen molar-refractivity contribution in [2.45, 2.75) is 11.4 Å². The van der Waals surface area contributed by atoms with Crippen molar-refractivity contribution in [2.75, 3.05) is 19.8 Å². The molecule has 3 nitrogen and oxygen atoms in total. The van der Waals surface area contributed by atoms with Gasteiger partial charge < -0.3 is 0 Å². The van der Waals surface area contributed by atoms with Crippen LogP contribution in [0.4, 0.5) is 0 Å². The van der Waals surface area contributed by atoms with E-state index in [1.165, 1.54) is 4.90 Å². The molecule has 0 saturated carbocycles. The molecule has 2 aromatic rings. The van der Waals surface area contributed by atoms with E-state index in [0.717, 1.165) is 11.3 Å². The zero-order valence-electron chi connectivity index (χ0n) is 11.0. The van der Waals surface area contributed by atoms with Crippen LogP contribution in [0, 0.1) is 0 Å². The highest BCUT2D eigenvalue weighted by molar-refractivity contribution is 7.98. The number of nitrogens with zero attached hydrogens (tertiary/aromatic N) is 2. The first-order chi connectivity index (χ1) is 9.19. The first-order valence-corrected chi connectivity index (χ1v) is 8.08. The molecule has 0 bridgehead atoms. The van der Waals surface area contributed by atoms with Gasteiger partial charge >= 0.3 is 0 Å². The third-order valence-corrected chi connectivity index (χ3v) is 4.12. The average molecular weight is 292 g/mol. The first kappa shape index (κ1) is 14.2. The highest BCUT2D eigenvalue weighted by Gasteiger charge is 2.10. The van der Waals surface area contributed by atoms with Crippen molar-refractivity contribution < 1.29 is 4.79 Å². The van der Waals surface area contributed by atoms with E-state index in [4.69, 9.17) is 0 Å². The summed E-state index contributed by atoms with van der Waals surface area (Å²) < 4.78 is 0. The SMILES string of the molecule is CSc1ccc(C(=O)CN(C)Cc2cscn2)cc1. The van der Waals surface area contributed by atoms with E-state index in [1.807, 2.05) is 53.4 Å². The van der Waals surface area contributed by atoms with Crippen molar-refractivity contribution in [1.82, 2.24) is 9.88 Å². The van der Waals surface area contributed by atoms with Gasteiger partial charge in [0, 0.05) is 22.4 Å². The van der Waals surface area contributed by atoms with Crippen LogP contribution in [0.2, 0.25) is 0 Å². The van der Waals surface area contributed by atoms with Crippen LogP contribution in [0.25, 0.3) is 0 Å². The minimum Gasteiger partial charge on any atom is -0.293 e. The quantitative estimate of drug-likeness (QED) is 0.605. The number of hydrogen-bond acceptors (Lipinski definition) is 5. The van der Waals surface area contributed by atoms with Crippen molar-refractivity contribution in [3.05, 3.63) is 46.4 Å². The molecule has 1 aromatic heterocycles. The van der Waals surface area contributed by atoms with E-state index in [0.29, 0.717) is 13.1 Å². The predicted molar refractivity (Wildman–Crippen MR) is 81.0 cm³/mol. The largest absolute Gasteiger partial charge is 0.293 e. The lowest BCUT2D eigenvalue weighted by molar-refractivity contribution is 0.0942. The van der Waals surface area contributed by atoms with Crippen LogP contribution in [0.15, 0.2) is 40.1 Å². The molecular formula is C14H16N2OS2. The highest BCUT2D eigenvalue weighted by Crippen LogP contribution is 2.15. The Labute approximate surface area is 121 Å². The fraction of sp³-hybridized carbons (Fsp3) is 0.286. The Balaban J connectivity index is 1.92. The van der Waals surface area contributed by atoms with Crippen molar-refractivity contribution >= 4 is 28.9 Å². The van der Waals surface area contributed by atoms with E-state index in [2.05, 4.69) is 4.98 Å². The second-order valence-corrected chi connectivity index (χ2v) is 5.90. The van der Waals surface area contributed by atoms with Gasteiger partial charge in [0.2, 0.25) is 0 Å². The molecule has 0 unspecified atom stereocenters. The average Bonchev–Trinajstić information content (AvgIpc) is 2.91. The van der Waals surface area contributed by atoms with E-state index in [1.54, 1.807) is 23.1 Å². The Hall–Kier alpha value is -1.17. The summed E-state index contributed by atoms with van der Waals surface area (Å²) in [6, 6.07) is 7.76. The zero-order chi connectivity index (χ0) is 13.7. The van der Waals surface area contributed by atoms with Gasteiger partial charge in [0.25, 0.3) is 0 Å². The molecule has 1 heterocycles. The Bertz CT molecular complexity index is 523. The van der Waals surface area contributed by atoms with Gasteiger partial charge in [0.05, 0.1) is 17.7 Å². The lowest BCUT2D eigenvalue weighted by Crippen LogP contribution is -2.25. The number of Topliss-reactive ketones (excluding diaryl/α,β-unsaturated/α-hetero) is 1. The maximum atomic E-state index is 12.1. The molecule has 0 atom stereocenters. The van der Waals surface area contributed by atoms with E-state index in [-0.39, 0.29) is 5.78 Å². The van der Waals surface area contributed by atoms with Gasteiger partial charge in [-0.3, -0.25) is 9.69 Å². The number of carbonyl (C=O) groups excluding carboxylic acids is 1. The van der Waals surface area contributed by atoms with Crippen LogP contribution >= 0.6 is 23.1 Å². The molecule has 5 heteroatoms. The molecule has 0 fully saturated rings. The van der Waals surface area contributed by atoms with Gasteiger partial charge in [-0.05, 0) is 25.4 Å². The third-order valence-electron chi connectivity index (χ3n) is 2.74. The molecule has 0 aliphatic carbocycles. The topological polar surface area (TPSA) is 33.2 Å². The molecule has 0 spiro atoms. The lowest BCUT2D eigenvalue weighted by Gasteiger charge is -2.14. The molecule has 0 saturated heterocycles. The highest BCUT2D eigenvalue weighted by atomic mass is 32.2.